The van der Waals surface area contributed by atoms with E-state index in [2.05, 4.69) is 43.0 Å². The van der Waals surface area contributed by atoms with Crippen LogP contribution in [-0.2, 0) is 14.3 Å². The second-order valence-corrected chi connectivity index (χ2v) is 8.86. The highest BCUT2D eigenvalue weighted by Gasteiger charge is 2.32. The Kier molecular flexibility index (Phi) is 10.1. The largest absolute Gasteiger partial charge is 0.483 e. The number of halogens is 1. The molecule has 37 heavy (non-hydrogen) atoms. The average molecular weight is 585 g/mol. The molecule has 0 spiro atoms. The summed E-state index contributed by atoms with van der Waals surface area (Å²) in [5.74, 6) is 2.47. The predicted octanol–water partition coefficient (Wildman–Crippen LogP) is 3.35. The van der Waals surface area contributed by atoms with Gasteiger partial charge in [0.25, 0.3) is 5.91 Å². The number of nitrogens with zero attached hydrogens (tertiary/aromatic N) is 1. The Morgan fingerprint density at radius 3 is 2.76 bits per heavy atom. The number of esters is 1. The molecule has 3 N–H and O–H groups in total. The lowest BCUT2D eigenvalue weighted by atomic mass is 9.95. The van der Waals surface area contributed by atoms with Crippen molar-refractivity contribution in [2.75, 3.05) is 19.8 Å². The van der Waals surface area contributed by atoms with Gasteiger partial charge in [-0.3, -0.25) is 4.79 Å². The molecule has 2 aromatic rings. The van der Waals surface area contributed by atoms with Crippen LogP contribution in [-0.4, -0.2) is 43.0 Å². The molecule has 0 aromatic heterocycles. The predicted molar refractivity (Wildman–Crippen MR) is 147 cm³/mol. The zero-order valence-electron chi connectivity index (χ0n) is 20.2. The zero-order chi connectivity index (χ0) is 26.8. The van der Waals surface area contributed by atoms with Gasteiger partial charge in [-0.15, -0.1) is 6.42 Å². The number of allylic oxidation sites excluding steroid dienone is 1. The fraction of sp³-hybridized carbons (Fsp3) is 0.231. The van der Waals surface area contributed by atoms with Crippen molar-refractivity contribution in [3.8, 4) is 23.8 Å². The molecule has 1 heterocycles. The second kappa shape index (κ2) is 13.4. The molecule has 0 saturated carbocycles. The third kappa shape index (κ3) is 7.55. The molecule has 0 aliphatic carbocycles. The normalized spacial score (nSPS) is 14.9. The van der Waals surface area contributed by atoms with Gasteiger partial charge in [0.05, 0.1) is 28.9 Å². The highest BCUT2D eigenvalue weighted by Crippen LogP contribution is 2.33. The smallest absolute Gasteiger partial charge is 0.338 e. The molecule has 11 heteroatoms. The third-order valence-electron chi connectivity index (χ3n) is 5.02. The van der Waals surface area contributed by atoms with Gasteiger partial charge in [-0.25, -0.2) is 10.2 Å². The van der Waals surface area contributed by atoms with E-state index in [1.807, 2.05) is 0 Å². The summed E-state index contributed by atoms with van der Waals surface area (Å²) in [6.45, 7) is 3.57. The highest BCUT2D eigenvalue weighted by atomic mass is 79.9. The summed E-state index contributed by atoms with van der Waals surface area (Å²) < 4.78 is 17.1. The SMILES string of the molecule is C#CCOc1ccc(C=NNC(=O)COc2ccccc2[C@H]2NC(=S)NC(C)=C2C(=O)OCC)cc1Br. The van der Waals surface area contributed by atoms with Crippen molar-refractivity contribution in [3.63, 3.8) is 0 Å². The van der Waals surface area contributed by atoms with E-state index in [1.54, 1.807) is 56.3 Å². The first-order chi connectivity index (χ1) is 17.8. The molecule has 1 aliphatic heterocycles. The number of para-hydroxylation sites is 1. The Morgan fingerprint density at radius 1 is 1.24 bits per heavy atom. The molecule has 1 amide bonds. The first-order valence-corrected chi connectivity index (χ1v) is 12.4. The van der Waals surface area contributed by atoms with Gasteiger partial charge in [0, 0.05) is 11.3 Å². The van der Waals surface area contributed by atoms with Crippen LogP contribution in [0.25, 0.3) is 0 Å². The van der Waals surface area contributed by atoms with Crippen LogP contribution in [0.4, 0.5) is 0 Å². The van der Waals surface area contributed by atoms with Crippen molar-refractivity contribution in [3.05, 3.63) is 69.3 Å². The van der Waals surface area contributed by atoms with Gasteiger partial charge in [0.15, 0.2) is 11.7 Å². The van der Waals surface area contributed by atoms with E-state index < -0.39 is 17.9 Å². The lowest BCUT2D eigenvalue weighted by molar-refractivity contribution is -0.139. The van der Waals surface area contributed by atoms with Crippen LogP contribution in [0.15, 0.2) is 63.3 Å². The Labute approximate surface area is 228 Å². The molecule has 1 atom stereocenters. The second-order valence-electron chi connectivity index (χ2n) is 7.59. The Balaban J connectivity index is 1.66. The number of hydrazone groups is 1. The first-order valence-electron chi connectivity index (χ1n) is 11.2. The summed E-state index contributed by atoms with van der Waals surface area (Å²) in [7, 11) is 0. The molecular formula is C26H25BrN4O5S. The first kappa shape index (κ1) is 27.7. The number of rotatable bonds is 10. The van der Waals surface area contributed by atoms with Crippen LogP contribution in [0, 0.1) is 12.3 Å². The Bertz CT molecular complexity index is 1290. The minimum Gasteiger partial charge on any atom is -0.483 e. The summed E-state index contributed by atoms with van der Waals surface area (Å²) in [4.78, 5) is 25.0. The Morgan fingerprint density at radius 2 is 2.03 bits per heavy atom. The minimum absolute atomic E-state index is 0.158. The molecule has 9 nitrogen and oxygen atoms in total. The minimum atomic E-state index is -0.615. The van der Waals surface area contributed by atoms with Crippen LogP contribution in [0.1, 0.15) is 31.0 Å². The molecule has 0 saturated heterocycles. The quantitative estimate of drug-likeness (QED) is 0.128. The fourth-order valence-electron chi connectivity index (χ4n) is 3.45. The van der Waals surface area contributed by atoms with Crippen LogP contribution >= 0.6 is 28.1 Å². The molecular weight excluding hydrogens is 560 g/mol. The number of ether oxygens (including phenoxy) is 3. The summed E-state index contributed by atoms with van der Waals surface area (Å²) >= 11 is 8.69. The maximum atomic E-state index is 12.7. The molecule has 2 aromatic carbocycles. The van der Waals surface area contributed by atoms with E-state index in [0.717, 1.165) is 5.56 Å². The van der Waals surface area contributed by atoms with Crippen LogP contribution in [0.3, 0.4) is 0 Å². The van der Waals surface area contributed by atoms with E-state index in [1.165, 1.54) is 6.21 Å². The summed E-state index contributed by atoms with van der Waals surface area (Å²) in [6.07, 6.45) is 6.69. The van der Waals surface area contributed by atoms with Gasteiger partial charge in [0.2, 0.25) is 0 Å². The summed E-state index contributed by atoms with van der Waals surface area (Å²) in [6, 6.07) is 11.7. The lowest BCUT2D eigenvalue weighted by Gasteiger charge is -2.30. The lowest BCUT2D eigenvalue weighted by Crippen LogP contribution is -2.45. The molecule has 3 rings (SSSR count). The maximum Gasteiger partial charge on any atom is 0.338 e. The molecule has 0 fully saturated rings. The average Bonchev–Trinajstić information content (AvgIpc) is 2.87. The Hall–Kier alpha value is -3.88. The summed E-state index contributed by atoms with van der Waals surface area (Å²) in [5, 5.41) is 10.4. The van der Waals surface area contributed by atoms with E-state index in [0.29, 0.717) is 37.9 Å². The maximum absolute atomic E-state index is 12.7. The van der Waals surface area contributed by atoms with Gasteiger partial charge < -0.3 is 24.8 Å². The number of hydrogen-bond donors (Lipinski definition) is 3. The molecule has 1 aliphatic rings. The standard InChI is InChI=1S/C26H25BrN4O5S/c1-4-12-35-21-11-10-17(13-19(21)27)14-28-31-22(32)15-36-20-9-7-6-8-18(20)24-23(25(33)34-5-2)16(3)29-26(37)30-24/h1,6-11,13-14,24H,5,12,15H2,2-3H3,(H,31,32)(H2,29,30,37)/t24-/m1/s1. The van der Waals surface area contributed by atoms with Crippen LogP contribution in [0.5, 0.6) is 11.5 Å². The fourth-order valence-corrected chi connectivity index (χ4v) is 4.23. The number of benzene rings is 2. The number of thiocarbonyl (C=S) groups is 1. The van der Waals surface area contributed by atoms with Crippen molar-refractivity contribution in [1.82, 2.24) is 16.1 Å². The van der Waals surface area contributed by atoms with E-state index in [4.69, 9.17) is 32.9 Å². The van der Waals surface area contributed by atoms with Crippen LogP contribution < -0.4 is 25.5 Å². The molecule has 0 bridgehead atoms. The zero-order valence-corrected chi connectivity index (χ0v) is 22.6. The highest BCUT2D eigenvalue weighted by molar-refractivity contribution is 9.10. The topological polar surface area (TPSA) is 110 Å². The number of hydrogen-bond acceptors (Lipinski definition) is 7. The van der Waals surface area contributed by atoms with Gasteiger partial charge in [-0.05, 0) is 71.8 Å². The molecule has 192 valence electrons. The van der Waals surface area contributed by atoms with E-state index in [-0.39, 0.29) is 19.8 Å². The van der Waals surface area contributed by atoms with E-state index in [9.17, 15) is 9.59 Å². The van der Waals surface area contributed by atoms with Crippen molar-refractivity contribution < 1.29 is 23.8 Å². The third-order valence-corrected chi connectivity index (χ3v) is 5.86. The van der Waals surface area contributed by atoms with Gasteiger partial charge in [-0.1, -0.05) is 24.1 Å². The van der Waals surface area contributed by atoms with Crippen molar-refractivity contribution >= 4 is 51.4 Å². The number of carbonyl (C=O) groups excluding carboxylic acids is 2. The van der Waals surface area contributed by atoms with Crippen molar-refractivity contribution in [2.45, 2.75) is 19.9 Å². The van der Waals surface area contributed by atoms with Gasteiger partial charge >= 0.3 is 5.97 Å². The van der Waals surface area contributed by atoms with E-state index >= 15 is 0 Å². The molecule has 0 radical (unpaired) electrons. The van der Waals surface area contributed by atoms with Crippen LogP contribution in [0.2, 0.25) is 0 Å². The summed E-state index contributed by atoms with van der Waals surface area (Å²) in [5.41, 5.74) is 4.74. The number of carbonyl (C=O) groups is 2. The number of terminal acetylenes is 1. The number of nitrogens with one attached hydrogen (secondary N) is 3. The number of amides is 1. The van der Waals surface area contributed by atoms with Gasteiger partial charge in [0.1, 0.15) is 18.1 Å². The molecule has 0 unspecified atom stereocenters. The van der Waals surface area contributed by atoms with Crippen molar-refractivity contribution in [2.24, 2.45) is 5.10 Å². The van der Waals surface area contributed by atoms with Gasteiger partial charge in [-0.2, -0.15) is 5.10 Å². The monoisotopic (exact) mass is 584 g/mol. The van der Waals surface area contributed by atoms with Crippen molar-refractivity contribution in [1.29, 1.82) is 0 Å².